The molecule has 1 aliphatic rings. The molecular formula is C11H18F3N5. The Balaban J connectivity index is 2.08. The predicted molar refractivity (Wildman–Crippen MR) is 63.1 cm³/mol. The lowest BCUT2D eigenvalue weighted by molar-refractivity contribution is -0.148. The van der Waals surface area contributed by atoms with Crippen LogP contribution in [0.1, 0.15) is 25.5 Å². The lowest BCUT2D eigenvalue weighted by Crippen LogP contribution is -2.44. The Kier molecular flexibility index (Phi) is 3.82. The average molecular weight is 277 g/mol. The maximum absolute atomic E-state index is 12.7. The molecular weight excluding hydrogens is 259 g/mol. The first-order chi connectivity index (χ1) is 8.79. The van der Waals surface area contributed by atoms with Crippen molar-refractivity contribution >= 4 is 0 Å². The van der Waals surface area contributed by atoms with Crippen LogP contribution in [0.2, 0.25) is 0 Å². The SMILES string of the molecule is CC(C)C(N)CN1CCn2c(nnc2C(F)(F)F)C1. The molecule has 5 nitrogen and oxygen atoms in total. The molecule has 2 heterocycles. The standard InChI is InChI=1S/C11H18F3N5/c1-7(2)8(15)5-18-3-4-19-9(6-18)16-17-10(19)11(12,13)14/h7-8H,3-6,15H2,1-2H3. The zero-order valence-electron chi connectivity index (χ0n) is 11.0. The van der Waals surface area contributed by atoms with Crippen molar-refractivity contribution in [1.29, 1.82) is 0 Å². The van der Waals surface area contributed by atoms with E-state index in [0.29, 0.717) is 31.4 Å². The van der Waals surface area contributed by atoms with Gasteiger partial charge in [0.05, 0.1) is 6.54 Å². The Morgan fingerprint density at radius 3 is 2.53 bits per heavy atom. The largest absolute Gasteiger partial charge is 0.451 e. The van der Waals surface area contributed by atoms with Crippen molar-refractivity contribution in [2.75, 3.05) is 13.1 Å². The molecule has 108 valence electrons. The average Bonchev–Trinajstić information content (AvgIpc) is 2.71. The summed E-state index contributed by atoms with van der Waals surface area (Å²) in [5.41, 5.74) is 5.98. The second-order valence-corrected chi connectivity index (χ2v) is 5.23. The van der Waals surface area contributed by atoms with Gasteiger partial charge in [0.25, 0.3) is 0 Å². The van der Waals surface area contributed by atoms with Crippen LogP contribution in [0.4, 0.5) is 13.2 Å². The molecule has 0 radical (unpaired) electrons. The van der Waals surface area contributed by atoms with Crippen molar-refractivity contribution in [3.8, 4) is 0 Å². The van der Waals surface area contributed by atoms with Crippen molar-refractivity contribution in [3.05, 3.63) is 11.6 Å². The molecule has 0 spiro atoms. The molecule has 19 heavy (non-hydrogen) atoms. The second kappa shape index (κ2) is 5.09. The van der Waals surface area contributed by atoms with Crippen LogP contribution in [0.25, 0.3) is 0 Å². The lowest BCUT2D eigenvalue weighted by Gasteiger charge is -2.31. The number of aromatic nitrogens is 3. The van der Waals surface area contributed by atoms with E-state index in [-0.39, 0.29) is 12.6 Å². The Morgan fingerprint density at radius 2 is 1.95 bits per heavy atom. The molecule has 0 saturated carbocycles. The first kappa shape index (κ1) is 14.3. The van der Waals surface area contributed by atoms with E-state index in [9.17, 15) is 13.2 Å². The van der Waals surface area contributed by atoms with Gasteiger partial charge in [0.2, 0.25) is 5.82 Å². The maximum atomic E-state index is 12.7. The summed E-state index contributed by atoms with van der Waals surface area (Å²) < 4.78 is 39.1. The number of nitrogens with two attached hydrogens (primary N) is 1. The normalized spacial score (nSPS) is 18.7. The zero-order chi connectivity index (χ0) is 14.2. The number of fused-ring (bicyclic) bond motifs is 1. The third-order valence-corrected chi connectivity index (χ3v) is 3.41. The van der Waals surface area contributed by atoms with E-state index in [2.05, 4.69) is 10.2 Å². The van der Waals surface area contributed by atoms with E-state index in [1.807, 2.05) is 18.7 Å². The van der Waals surface area contributed by atoms with Gasteiger partial charge in [0.1, 0.15) is 5.82 Å². The van der Waals surface area contributed by atoms with Crippen LogP contribution in [-0.2, 0) is 19.3 Å². The quantitative estimate of drug-likeness (QED) is 0.898. The predicted octanol–water partition coefficient (Wildman–Crippen LogP) is 1.10. The highest BCUT2D eigenvalue weighted by molar-refractivity contribution is 5.02. The topological polar surface area (TPSA) is 60.0 Å². The molecule has 1 atom stereocenters. The minimum atomic E-state index is -4.44. The number of hydrogen-bond acceptors (Lipinski definition) is 4. The minimum Gasteiger partial charge on any atom is -0.326 e. The fraction of sp³-hybridized carbons (Fsp3) is 0.818. The van der Waals surface area contributed by atoms with E-state index in [1.54, 1.807) is 0 Å². The van der Waals surface area contributed by atoms with E-state index in [0.717, 1.165) is 4.57 Å². The fourth-order valence-electron chi connectivity index (χ4n) is 2.08. The number of halogens is 3. The van der Waals surface area contributed by atoms with Gasteiger partial charge in [0.15, 0.2) is 0 Å². The van der Waals surface area contributed by atoms with E-state index in [1.165, 1.54) is 0 Å². The number of hydrogen-bond donors (Lipinski definition) is 1. The molecule has 8 heteroatoms. The molecule has 2 rings (SSSR count). The summed E-state index contributed by atoms with van der Waals surface area (Å²) in [5.74, 6) is -0.213. The van der Waals surface area contributed by atoms with Gasteiger partial charge in [-0.1, -0.05) is 13.8 Å². The smallest absolute Gasteiger partial charge is 0.326 e. The summed E-state index contributed by atoms with van der Waals surface area (Å²) >= 11 is 0. The van der Waals surface area contributed by atoms with Crippen LogP contribution in [0.5, 0.6) is 0 Å². The highest BCUT2D eigenvalue weighted by Gasteiger charge is 2.39. The molecule has 0 saturated heterocycles. The molecule has 2 N–H and O–H groups in total. The first-order valence-corrected chi connectivity index (χ1v) is 6.26. The van der Waals surface area contributed by atoms with Crippen molar-refractivity contribution in [2.45, 2.75) is 39.2 Å². The molecule has 0 amide bonds. The summed E-state index contributed by atoms with van der Waals surface area (Å²) in [7, 11) is 0. The molecule has 1 unspecified atom stereocenters. The number of rotatable bonds is 3. The van der Waals surface area contributed by atoms with Crippen LogP contribution < -0.4 is 5.73 Å². The third kappa shape index (κ3) is 3.06. The van der Waals surface area contributed by atoms with Gasteiger partial charge in [0, 0.05) is 25.7 Å². The summed E-state index contributed by atoms with van der Waals surface area (Å²) in [6.07, 6.45) is -4.44. The minimum absolute atomic E-state index is 0.0107. The van der Waals surface area contributed by atoms with E-state index >= 15 is 0 Å². The van der Waals surface area contributed by atoms with Gasteiger partial charge in [-0.3, -0.25) is 4.90 Å². The Bertz CT molecular complexity index is 440. The van der Waals surface area contributed by atoms with Crippen molar-refractivity contribution in [1.82, 2.24) is 19.7 Å². The van der Waals surface area contributed by atoms with E-state index in [4.69, 9.17) is 5.73 Å². The van der Waals surface area contributed by atoms with Crippen LogP contribution in [-0.4, -0.2) is 38.8 Å². The first-order valence-electron chi connectivity index (χ1n) is 6.26. The maximum Gasteiger partial charge on any atom is 0.451 e. The monoisotopic (exact) mass is 277 g/mol. The molecule has 0 bridgehead atoms. The highest BCUT2D eigenvalue weighted by atomic mass is 19.4. The van der Waals surface area contributed by atoms with Crippen molar-refractivity contribution in [2.24, 2.45) is 11.7 Å². The Labute approximate surface area is 109 Å². The number of nitrogens with zero attached hydrogens (tertiary/aromatic N) is 4. The van der Waals surface area contributed by atoms with Crippen molar-refractivity contribution in [3.63, 3.8) is 0 Å². The zero-order valence-corrected chi connectivity index (χ0v) is 11.0. The Morgan fingerprint density at radius 1 is 1.26 bits per heavy atom. The molecule has 0 aliphatic carbocycles. The van der Waals surface area contributed by atoms with Crippen LogP contribution in [0.3, 0.4) is 0 Å². The molecule has 0 aromatic carbocycles. The lowest BCUT2D eigenvalue weighted by atomic mass is 10.0. The second-order valence-electron chi connectivity index (χ2n) is 5.23. The summed E-state index contributed by atoms with van der Waals surface area (Å²) in [6, 6.07) is 0.0107. The summed E-state index contributed by atoms with van der Waals surface area (Å²) in [4.78, 5) is 2.02. The highest BCUT2D eigenvalue weighted by Crippen LogP contribution is 2.29. The van der Waals surface area contributed by atoms with E-state index < -0.39 is 12.0 Å². The van der Waals surface area contributed by atoms with Gasteiger partial charge < -0.3 is 10.3 Å². The summed E-state index contributed by atoms with van der Waals surface area (Å²) in [5, 5.41) is 6.88. The molecule has 1 aliphatic heterocycles. The van der Waals surface area contributed by atoms with Crippen LogP contribution in [0.15, 0.2) is 0 Å². The van der Waals surface area contributed by atoms with Crippen molar-refractivity contribution < 1.29 is 13.2 Å². The van der Waals surface area contributed by atoms with Crippen LogP contribution in [0, 0.1) is 5.92 Å². The molecule has 1 aromatic rings. The molecule has 0 fully saturated rings. The Hall–Kier alpha value is -1.15. The van der Waals surface area contributed by atoms with Gasteiger partial charge in [-0.15, -0.1) is 10.2 Å². The number of alkyl halides is 3. The summed E-state index contributed by atoms with van der Waals surface area (Å²) in [6.45, 7) is 5.86. The fourth-order valence-corrected chi connectivity index (χ4v) is 2.08. The van der Waals surface area contributed by atoms with Crippen LogP contribution >= 0.6 is 0 Å². The van der Waals surface area contributed by atoms with Gasteiger partial charge >= 0.3 is 6.18 Å². The van der Waals surface area contributed by atoms with Gasteiger partial charge in [-0.2, -0.15) is 13.2 Å². The van der Waals surface area contributed by atoms with Gasteiger partial charge in [-0.05, 0) is 5.92 Å². The molecule has 1 aromatic heterocycles. The van der Waals surface area contributed by atoms with Gasteiger partial charge in [-0.25, -0.2) is 0 Å². The third-order valence-electron chi connectivity index (χ3n) is 3.41.